The van der Waals surface area contributed by atoms with Crippen LogP contribution in [0.5, 0.6) is 11.5 Å². The lowest BCUT2D eigenvalue weighted by atomic mass is 10.2. The van der Waals surface area contributed by atoms with Gasteiger partial charge in [-0.05, 0) is 19.1 Å². The molecule has 1 aromatic carbocycles. The minimum absolute atomic E-state index is 0.170. The zero-order valence-corrected chi connectivity index (χ0v) is 9.28. The number of hydrogen-bond donors (Lipinski definition) is 2. The summed E-state index contributed by atoms with van der Waals surface area (Å²) in [6, 6.07) is 4.93. The van der Waals surface area contributed by atoms with E-state index in [1.165, 1.54) is 0 Å². The average Bonchev–Trinajstić information content (AvgIpc) is 2.76. The summed E-state index contributed by atoms with van der Waals surface area (Å²) in [6.07, 6.45) is 0. The molecule has 0 unspecified atom stereocenters. The minimum atomic E-state index is -0.703. The molecule has 0 fully saturated rings. The number of benzene rings is 1. The first-order valence-electron chi connectivity index (χ1n) is 5.19. The number of likely N-dealkylation sites (N-methyl/N-ethyl adjacent to an activating group) is 1. The third-order valence-electron chi connectivity index (χ3n) is 2.17. The Morgan fingerprint density at radius 3 is 2.76 bits per heavy atom. The van der Waals surface area contributed by atoms with Gasteiger partial charge in [0.15, 0.2) is 11.5 Å². The molecule has 0 bridgehead atoms. The highest BCUT2D eigenvalue weighted by atomic mass is 16.7. The van der Waals surface area contributed by atoms with Gasteiger partial charge in [0.1, 0.15) is 0 Å². The Balaban J connectivity index is 2.04. The summed E-state index contributed by atoms with van der Waals surface area (Å²) in [5.41, 5.74) is 0.491. The number of rotatable bonds is 2. The quantitative estimate of drug-likeness (QED) is 0.733. The lowest BCUT2D eigenvalue weighted by Crippen LogP contribution is -2.35. The fraction of sp³-hybridized carbons (Fsp3) is 0.273. The van der Waals surface area contributed by atoms with Crippen molar-refractivity contribution >= 4 is 17.5 Å². The second-order valence-electron chi connectivity index (χ2n) is 3.38. The van der Waals surface area contributed by atoms with Gasteiger partial charge in [0.25, 0.3) is 0 Å². The molecule has 2 N–H and O–H groups in total. The summed E-state index contributed by atoms with van der Waals surface area (Å²) in [5.74, 6) is -0.185. The van der Waals surface area contributed by atoms with E-state index in [-0.39, 0.29) is 6.79 Å². The Labute approximate surface area is 97.9 Å². The molecule has 0 spiro atoms. The predicted octanol–water partition coefficient (Wildman–Crippen LogP) is 0.490. The number of fused-ring (bicyclic) bond motifs is 1. The van der Waals surface area contributed by atoms with Gasteiger partial charge in [0.2, 0.25) is 6.79 Å². The maximum Gasteiger partial charge on any atom is 0.313 e. The SMILES string of the molecule is CCNC(=O)C(=O)Nc1ccc2c(c1)OCO2. The number of ether oxygens (including phenoxy) is 2. The van der Waals surface area contributed by atoms with E-state index in [1.807, 2.05) is 0 Å². The Morgan fingerprint density at radius 2 is 2.00 bits per heavy atom. The van der Waals surface area contributed by atoms with E-state index < -0.39 is 11.8 Å². The van der Waals surface area contributed by atoms with Gasteiger partial charge in [-0.25, -0.2) is 0 Å². The lowest BCUT2D eigenvalue weighted by molar-refractivity contribution is -0.136. The Morgan fingerprint density at radius 1 is 1.24 bits per heavy atom. The van der Waals surface area contributed by atoms with Crippen LogP contribution in [-0.4, -0.2) is 25.2 Å². The fourth-order valence-electron chi connectivity index (χ4n) is 1.40. The van der Waals surface area contributed by atoms with Crippen molar-refractivity contribution in [1.82, 2.24) is 5.32 Å². The molecular weight excluding hydrogens is 224 g/mol. The van der Waals surface area contributed by atoms with E-state index in [9.17, 15) is 9.59 Å². The summed E-state index contributed by atoms with van der Waals surface area (Å²) in [4.78, 5) is 22.6. The Kier molecular flexibility index (Phi) is 3.13. The molecule has 0 radical (unpaired) electrons. The van der Waals surface area contributed by atoms with Crippen molar-refractivity contribution in [3.63, 3.8) is 0 Å². The van der Waals surface area contributed by atoms with E-state index in [1.54, 1.807) is 25.1 Å². The zero-order chi connectivity index (χ0) is 12.3. The normalized spacial score (nSPS) is 12.1. The number of nitrogens with one attached hydrogen (secondary N) is 2. The van der Waals surface area contributed by atoms with Gasteiger partial charge in [0.05, 0.1) is 0 Å². The summed E-state index contributed by atoms with van der Waals surface area (Å²) in [6.45, 7) is 2.32. The summed E-state index contributed by atoms with van der Waals surface area (Å²) < 4.78 is 10.3. The van der Waals surface area contributed by atoms with Gasteiger partial charge >= 0.3 is 11.8 Å². The van der Waals surface area contributed by atoms with Crippen LogP contribution in [-0.2, 0) is 9.59 Å². The van der Waals surface area contributed by atoms with Gasteiger partial charge in [0, 0.05) is 18.3 Å². The summed E-state index contributed by atoms with van der Waals surface area (Å²) in [7, 11) is 0. The van der Waals surface area contributed by atoms with Crippen molar-refractivity contribution in [1.29, 1.82) is 0 Å². The summed E-state index contributed by atoms with van der Waals surface area (Å²) in [5, 5.41) is 4.88. The first kappa shape index (κ1) is 11.3. The molecule has 1 aromatic rings. The van der Waals surface area contributed by atoms with E-state index in [2.05, 4.69) is 10.6 Å². The van der Waals surface area contributed by atoms with Gasteiger partial charge in [-0.2, -0.15) is 0 Å². The van der Waals surface area contributed by atoms with E-state index in [0.29, 0.717) is 23.7 Å². The van der Waals surface area contributed by atoms with Crippen molar-refractivity contribution in [2.75, 3.05) is 18.7 Å². The van der Waals surface area contributed by atoms with Crippen molar-refractivity contribution in [3.8, 4) is 11.5 Å². The van der Waals surface area contributed by atoms with Crippen LogP contribution < -0.4 is 20.1 Å². The molecule has 1 heterocycles. The number of hydrogen-bond acceptors (Lipinski definition) is 4. The van der Waals surface area contributed by atoms with Gasteiger partial charge in [-0.1, -0.05) is 0 Å². The molecule has 90 valence electrons. The predicted molar refractivity (Wildman–Crippen MR) is 59.9 cm³/mol. The standard InChI is InChI=1S/C11H12N2O4/c1-2-12-10(14)11(15)13-7-3-4-8-9(5-7)17-6-16-8/h3-5H,2,6H2,1H3,(H,12,14)(H,13,15). The molecule has 0 aliphatic carbocycles. The Bertz CT molecular complexity index is 459. The summed E-state index contributed by atoms with van der Waals surface area (Å²) >= 11 is 0. The molecule has 0 saturated carbocycles. The van der Waals surface area contributed by atoms with Crippen LogP contribution in [0, 0.1) is 0 Å². The second kappa shape index (κ2) is 4.73. The third-order valence-corrected chi connectivity index (χ3v) is 2.17. The van der Waals surface area contributed by atoms with Gasteiger partial charge in [-0.3, -0.25) is 9.59 Å². The molecule has 0 aromatic heterocycles. The van der Waals surface area contributed by atoms with Crippen LogP contribution in [0.15, 0.2) is 18.2 Å². The minimum Gasteiger partial charge on any atom is -0.454 e. The van der Waals surface area contributed by atoms with Crippen molar-refractivity contribution in [3.05, 3.63) is 18.2 Å². The van der Waals surface area contributed by atoms with Crippen LogP contribution in [0.25, 0.3) is 0 Å². The monoisotopic (exact) mass is 236 g/mol. The smallest absolute Gasteiger partial charge is 0.313 e. The van der Waals surface area contributed by atoms with Crippen LogP contribution in [0.1, 0.15) is 6.92 Å². The molecule has 6 nitrogen and oxygen atoms in total. The molecule has 17 heavy (non-hydrogen) atoms. The van der Waals surface area contributed by atoms with Crippen molar-refractivity contribution in [2.45, 2.75) is 6.92 Å². The molecule has 6 heteroatoms. The van der Waals surface area contributed by atoms with Gasteiger partial charge in [-0.15, -0.1) is 0 Å². The zero-order valence-electron chi connectivity index (χ0n) is 9.28. The first-order valence-corrected chi connectivity index (χ1v) is 5.19. The number of carbonyl (C=O) groups excluding carboxylic acids is 2. The third kappa shape index (κ3) is 2.47. The molecule has 2 amide bonds. The number of carbonyl (C=O) groups is 2. The van der Waals surface area contributed by atoms with Crippen LogP contribution in [0.3, 0.4) is 0 Å². The highest BCUT2D eigenvalue weighted by Gasteiger charge is 2.16. The molecular formula is C11H12N2O4. The molecule has 2 rings (SSSR count). The van der Waals surface area contributed by atoms with Crippen LogP contribution in [0.4, 0.5) is 5.69 Å². The lowest BCUT2D eigenvalue weighted by Gasteiger charge is -2.05. The van der Waals surface area contributed by atoms with E-state index in [4.69, 9.17) is 9.47 Å². The second-order valence-corrected chi connectivity index (χ2v) is 3.38. The highest BCUT2D eigenvalue weighted by molar-refractivity contribution is 6.39. The van der Waals surface area contributed by atoms with Gasteiger partial charge < -0.3 is 20.1 Å². The number of anilines is 1. The topological polar surface area (TPSA) is 76.7 Å². The van der Waals surface area contributed by atoms with Crippen molar-refractivity contribution in [2.24, 2.45) is 0 Å². The average molecular weight is 236 g/mol. The van der Waals surface area contributed by atoms with Crippen LogP contribution in [0.2, 0.25) is 0 Å². The maximum absolute atomic E-state index is 11.4. The molecule has 1 aliphatic rings. The largest absolute Gasteiger partial charge is 0.454 e. The Hall–Kier alpha value is -2.24. The molecule has 0 atom stereocenters. The first-order chi connectivity index (χ1) is 8.20. The number of amides is 2. The van der Waals surface area contributed by atoms with E-state index >= 15 is 0 Å². The van der Waals surface area contributed by atoms with E-state index in [0.717, 1.165) is 0 Å². The molecule has 1 aliphatic heterocycles. The fourth-order valence-corrected chi connectivity index (χ4v) is 1.40. The molecule has 0 saturated heterocycles. The van der Waals surface area contributed by atoms with Crippen LogP contribution >= 0.6 is 0 Å². The highest BCUT2D eigenvalue weighted by Crippen LogP contribution is 2.34. The maximum atomic E-state index is 11.4. The van der Waals surface area contributed by atoms with Crippen molar-refractivity contribution < 1.29 is 19.1 Å².